The second-order valence-corrected chi connectivity index (χ2v) is 9.48. The maximum Gasteiger partial charge on any atom is 0.317 e. The molecule has 36 heavy (non-hydrogen) atoms. The molecule has 0 radical (unpaired) electrons. The highest BCUT2D eigenvalue weighted by Gasteiger charge is 2.35. The van der Waals surface area contributed by atoms with E-state index < -0.39 is 12.1 Å². The van der Waals surface area contributed by atoms with E-state index in [2.05, 4.69) is 15.6 Å². The van der Waals surface area contributed by atoms with Gasteiger partial charge in [0.05, 0.1) is 30.4 Å². The van der Waals surface area contributed by atoms with Gasteiger partial charge in [0.25, 0.3) is 11.8 Å². The van der Waals surface area contributed by atoms with Crippen LogP contribution in [0.2, 0.25) is 0 Å². The molecule has 0 unspecified atom stereocenters. The lowest BCUT2D eigenvalue weighted by Gasteiger charge is -2.38. The zero-order valence-electron chi connectivity index (χ0n) is 21.4. The van der Waals surface area contributed by atoms with E-state index in [9.17, 15) is 19.5 Å². The third kappa shape index (κ3) is 6.31. The predicted octanol–water partition coefficient (Wildman–Crippen LogP) is 2.60. The van der Waals surface area contributed by atoms with E-state index in [1.54, 1.807) is 54.1 Å². The molecular formula is C26H35N5O5. The molecule has 0 bridgehead atoms. The van der Waals surface area contributed by atoms with Crippen molar-refractivity contribution in [3.8, 4) is 5.75 Å². The quantitative estimate of drug-likeness (QED) is 0.540. The minimum absolute atomic E-state index is 0.0233. The number of carbonyl (C=O) groups excluding carboxylic acids is 3. The molecule has 194 valence electrons. The van der Waals surface area contributed by atoms with Crippen molar-refractivity contribution >= 4 is 23.5 Å². The molecule has 3 N–H and O–H groups in total. The van der Waals surface area contributed by atoms with Crippen LogP contribution in [-0.2, 0) is 0 Å². The number of benzene rings is 1. The number of hydrogen-bond donors (Lipinski definition) is 3. The molecule has 0 aliphatic carbocycles. The number of likely N-dealkylation sites (N-methyl/N-ethyl adjacent to an activating group) is 1. The largest absolute Gasteiger partial charge is 0.485 e. The first-order valence-electron chi connectivity index (χ1n) is 12.1. The Balaban J connectivity index is 2.00. The van der Waals surface area contributed by atoms with E-state index in [4.69, 9.17) is 4.74 Å². The average molecular weight is 498 g/mol. The topological polar surface area (TPSA) is 124 Å². The molecule has 3 rings (SSSR count). The fourth-order valence-corrected chi connectivity index (χ4v) is 3.97. The Hall–Kier alpha value is -3.66. The number of amides is 4. The zero-order valence-corrected chi connectivity index (χ0v) is 21.4. The molecule has 3 atom stereocenters. The highest BCUT2D eigenvalue weighted by atomic mass is 16.5. The van der Waals surface area contributed by atoms with E-state index in [0.29, 0.717) is 17.8 Å². The fraction of sp³-hybridized carbons (Fsp3) is 0.462. The number of urea groups is 1. The maximum atomic E-state index is 13.5. The van der Waals surface area contributed by atoms with Crippen LogP contribution in [0.5, 0.6) is 5.75 Å². The molecule has 0 saturated heterocycles. The molecule has 0 spiro atoms. The number of fused-ring (bicyclic) bond motifs is 1. The van der Waals surface area contributed by atoms with Crippen LogP contribution in [0, 0.1) is 5.92 Å². The Morgan fingerprint density at radius 3 is 2.56 bits per heavy atom. The molecule has 10 nitrogen and oxygen atoms in total. The molecule has 4 amide bonds. The Morgan fingerprint density at radius 1 is 1.22 bits per heavy atom. The number of carbonyl (C=O) groups is 3. The molecule has 0 fully saturated rings. The maximum absolute atomic E-state index is 13.5. The predicted molar refractivity (Wildman–Crippen MR) is 136 cm³/mol. The second kappa shape index (κ2) is 11.9. The number of aliphatic hydroxyl groups excluding tert-OH is 1. The lowest BCUT2D eigenvalue weighted by molar-refractivity contribution is 0.0368. The average Bonchev–Trinajstić information content (AvgIpc) is 2.86. The number of nitrogens with one attached hydrogen (secondary N) is 2. The van der Waals surface area contributed by atoms with Crippen molar-refractivity contribution in [2.75, 3.05) is 32.1 Å². The standard InChI is InChI=1S/C26H35N5O5/c1-16(2)28-26(35)30(5)14-22-17(3)13-31(18(4)15-32)25(34)20-7-6-8-21(23(20)36-22)29-24(33)19-9-11-27-12-10-19/h6-12,16-18,22,32H,13-15H2,1-5H3,(H,28,35)(H,29,33)/t17-,18-,22+/m1/s1. The summed E-state index contributed by atoms with van der Waals surface area (Å²) in [6.45, 7) is 7.86. The third-order valence-electron chi connectivity index (χ3n) is 6.09. The first-order valence-corrected chi connectivity index (χ1v) is 12.1. The van der Waals surface area contributed by atoms with Crippen molar-refractivity contribution in [1.29, 1.82) is 0 Å². The van der Waals surface area contributed by atoms with Crippen molar-refractivity contribution in [3.63, 3.8) is 0 Å². The summed E-state index contributed by atoms with van der Waals surface area (Å²) >= 11 is 0. The van der Waals surface area contributed by atoms with Gasteiger partial charge in [-0.2, -0.15) is 0 Å². The highest BCUT2D eigenvalue weighted by Crippen LogP contribution is 2.35. The number of aromatic nitrogens is 1. The van der Waals surface area contributed by atoms with Gasteiger partial charge in [0.1, 0.15) is 6.10 Å². The number of rotatable bonds is 7. The lowest BCUT2D eigenvalue weighted by Crippen LogP contribution is -2.51. The summed E-state index contributed by atoms with van der Waals surface area (Å²) in [7, 11) is 1.68. The molecule has 1 aliphatic rings. The number of aliphatic hydroxyl groups is 1. The third-order valence-corrected chi connectivity index (χ3v) is 6.09. The summed E-state index contributed by atoms with van der Waals surface area (Å²) < 4.78 is 6.42. The van der Waals surface area contributed by atoms with Gasteiger partial charge < -0.3 is 30.3 Å². The normalized spacial score (nSPS) is 18.4. The van der Waals surface area contributed by atoms with Crippen LogP contribution < -0.4 is 15.4 Å². The summed E-state index contributed by atoms with van der Waals surface area (Å²) in [4.78, 5) is 46.1. The van der Waals surface area contributed by atoms with E-state index in [1.807, 2.05) is 20.8 Å². The molecule has 10 heteroatoms. The Kier molecular flexibility index (Phi) is 8.87. The van der Waals surface area contributed by atoms with Gasteiger partial charge in [0, 0.05) is 43.5 Å². The van der Waals surface area contributed by atoms with Gasteiger partial charge in [-0.1, -0.05) is 13.0 Å². The fourth-order valence-electron chi connectivity index (χ4n) is 3.97. The van der Waals surface area contributed by atoms with Gasteiger partial charge in [-0.05, 0) is 45.0 Å². The van der Waals surface area contributed by atoms with Crippen LogP contribution in [0.4, 0.5) is 10.5 Å². The molecule has 2 aromatic rings. The number of pyridine rings is 1. The first kappa shape index (κ1) is 26.9. The summed E-state index contributed by atoms with van der Waals surface area (Å²) in [5.74, 6) is -0.631. The van der Waals surface area contributed by atoms with E-state index >= 15 is 0 Å². The van der Waals surface area contributed by atoms with Gasteiger partial charge in [-0.15, -0.1) is 0 Å². The van der Waals surface area contributed by atoms with Gasteiger partial charge in [0.15, 0.2) is 5.75 Å². The van der Waals surface area contributed by atoms with Gasteiger partial charge in [-0.3, -0.25) is 14.6 Å². The lowest BCUT2D eigenvalue weighted by atomic mass is 9.99. The molecule has 2 heterocycles. The van der Waals surface area contributed by atoms with Crippen molar-refractivity contribution in [2.45, 2.75) is 45.9 Å². The van der Waals surface area contributed by atoms with Crippen molar-refractivity contribution in [2.24, 2.45) is 5.92 Å². The summed E-state index contributed by atoms with van der Waals surface area (Å²) in [5.41, 5.74) is 1.02. The minimum Gasteiger partial charge on any atom is -0.485 e. The summed E-state index contributed by atoms with van der Waals surface area (Å²) in [6, 6.07) is 7.47. The van der Waals surface area contributed by atoms with E-state index in [1.165, 1.54) is 12.4 Å². The van der Waals surface area contributed by atoms with Crippen LogP contribution in [0.1, 0.15) is 48.4 Å². The molecule has 1 aliphatic heterocycles. The second-order valence-electron chi connectivity index (χ2n) is 9.48. The zero-order chi connectivity index (χ0) is 26.4. The van der Waals surface area contributed by atoms with Crippen molar-refractivity contribution < 1.29 is 24.2 Å². The van der Waals surface area contributed by atoms with Gasteiger partial charge >= 0.3 is 6.03 Å². The van der Waals surface area contributed by atoms with E-state index in [-0.39, 0.29) is 54.3 Å². The van der Waals surface area contributed by atoms with E-state index in [0.717, 1.165) is 0 Å². The van der Waals surface area contributed by atoms with Crippen LogP contribution in [0.15, 0.2) is 42.7 Å². The summed E-state index contributed by atoms with van der Waals surface area (Å²) in [5, 5.41) is 15.5. The van der Waals surface area contributed by atoms with Crippen LogP contribution >= 0.6 is 0 Å². The Morgan fingerprint density at radius 2 is 1.92 bits per heavy atom. The van der Waals surface area contributed by atoms with Crippen LogP contribution in [0.25, 0.3) is 0 Å². The number of hydrogen-bond acceptors (Lipinski definition) is 6. The number of para-hydroxylation sites is 1. The number of anilines is 1. The number of nitrogens with zero attached hydrogens (tertiary/aromatic N) is 3. The van der Waals surface area contributed by atoms with Crippen molar-refractivity contribution in [1.82, 2.24) is 20.1 Å². The van der Waals surface area contributed by atoms with Crippen molar-refractivity contribution in [3.05, 3.63) is 53.9 Å². The smallest absolute Gasteiger partial charge is 0.317 e. The monoisotopic (exact) mass is 497 g/mol. The highest BCUT2D eigenvalue weighted by molar-refractivity contribution is 6.07. The molecule has 0 saturated carbocycles. The number of ether oxygens (including phenoxy) is 1. The van der Waals surface area contributed by atoms with Gasteiger partial charge in [-0.25, -0.2) is 4.79 Å². The van der Waals surface area contributed by atoms with Gasteiger partial charge in [0.2, 0.25) is 0 Å². The van der Waals surface area contributed by atoms with Crippen LogP contribution in [0.3, 0.4) is 0 Å². The molecule has 1 aromatic carbocycles. The first-order chi connectivity index (χ1) is 17.1. The molecular weight excluding hydrogens is 462 g/mol. The Labute approximate surface area is 211 Å². The van der Waals surface area contributed by atoms with Crippen LogP contribution in [-0.4, -0.2) is 82.7 Å². The minimum atomic E-state index is -0.493. The SMILES string of the molecule is CC(C)NC(=O)N(C)C[C@@H]1Oc2c(NC(=O)c3ccncc3)cccc2C(=O)N([C@H](C)CO)C[C@H]1C. The summed E-state index contributed by atoms with van der Waals surface area (Å²) in [6.07, 6.45) is 2.55. The molecule has 1 aromatic heterocycles. The Bertz CT molecular complexity index is 1080.